The Kier molecular flexibility index (Phi) is 3.47. The maximum atomic E-state index is 12.0. The molecule has 0 aliphatic rings. The van der Waals surface area contributed by atoms with Crippen LogP contribution in [0.15, 0.2) is 30.5 Å². The van der Waals surface area contributed by atoms with Gasteiger partial charge >= 0.3 is 6.18 Å². The van der Waals surface area contributed by atoms with Crippen molar-refractivity contribution in [1.29, 1.82) is 0 Å². The van der Waals surface area contributed by atoms with Gasteiger partial charge in [0.05, 0.1) is 29.0 Å². The Labute approximate surface area is 101 Å². The van der Waals surface area contributed by atoms with Gasteiger partial charge in [0.25, 0.3) is 0 Å². The highest BCUT2D eigenvalue weighted by Crippen LogP contribution is 2.27. The second-order valence-electron chi connectivity index (χ2n) is 3.95. The number of para-hydroxylation sites is 2. The zero-order chi connectivity index (χ0) is 13.2. The third-order valence-electron chi connectivity index (χ3n) is 2.51. The van der Waals surface area contributed by atoms with Gasteiger partial charge in [-0.15, -0.1) is 0 Å². The van der Waals surface area contributed by atoms with E-state index in [2.05, 4.69) is 9.97 Å². The Morgan fingerprint density at radius 3 is 2.50 bits per heavy atom. The van der Waals surface area contributed by atoms with E-state index in [0.717, 1.165) is 0 Å². The van der Waals surface area contributed by atoms with Gasteiger partial charge in [0.15, 0.2) is 0 Å². The summed E-state index contributed by atoms with van der Waals surface area (Å²) in [5.41, 5.74) is 1.36. The van der Waals surface area contributed by atoms with E-state index in [1.54, 1.807) is 24.3 Å². The first-order valence-electron chi connectivity index (χ1n) is 5.42. The van der Waals surface area contributed by atoms with E-state index in [4.69, 9.17) is 0 Å². The molecule has 1 aromatic heterocycles. The number of hydrogen-bond acceptors (Lipinski definition) is 3. The van der Waals surface area contributed by atoms with Crippen LogP contribution in [-0.4, -0.2) is 21.3 Å². The number of alkyl halides is 3. The number of halogens is 3. The van der Waals surface area contributed by atoms with Gasteiger partial charge in [-0.05, 0) is 18.6 Å². The Hall–Kier alpha value is -1.69. The molecule has 18 heavy (non-hydrogen) atoms. The van der Waals surface area contributed by atoms with E-state index in [-0.39, 0.29) is 5.69 Å². The molecule has 6 heteroatoms. The number of nitrogens with zero attached hydrogens (tertiary/aromatic N) is 2. The summed E-state index contributed by atoms with van der Waals surface area (Å²) >= 11 is 0. The quantitative estimate of drug-likeness (QED) is 0.918. The third-order valence-corrected chi connectivity index (χ3v) is 2.51. The van der Waals surface area contributed by atoms with Crippen molar-refractivity contribution in [3.8, 4) is 0 Å². The van der Waals surface area contributed by atoms with Crippen LogP contribution in [-0.2, 0) is 0 Å². The summed E-state index contributed by atoms with van der Waals surface area (Å²) in [5.74, 6) is 0. The molecule has 0 saturated carbocycles. The fraction of sp³-hybridized carbons (Fsp3) is 0.333. The zero-order valence-corrected chi connectivity index (χ0v) is 9.35. The number of aliphatic hydroxyl groups is 1. The number of rotatable bonds is 3. The standard InChI is InChI=1S/C12H11F3N2O/c13-12(14,15)6-5-11(18)10-7-16-8-3-1-2-4-9(8)17-10/h1-4,7,11,18H,5-6H2. The van der Waals surface area contributed by atoms with Gasteiger partial charge in [0, 0.05) is 6.42 Å². The van der Waals surface area contributed by atoms with E-state index in [1.807, 2.05) is 0 Å². The van der Waals surface area contributed by atoms with E-state index >= 15 is 0 Å². The summed E-state index contributed by atoms with van der Waals surface area (Å²) in [7, 11) is 0. The van der Waals surface area contributed by atoms with Gasteiger partial charge in [-0.1, -0.05) is 12.1 Å². The summed E-state index contributed by atoms with van der Waals surface area (Å²) in [6.07, 6.45) is -5.66. The van der Waals surface area contributed by atoms with Gasteiger partial charge < -0.3 is 5.11 Å². The molecule has 0 bridgehead atoms. The lowest BCUT2D eigenvalue weighted by Gasteiger charge is -2.11. The van der Waals surface area contributed by atoms with Crippen LogP contribution >= 0.6 is 0 Å². The molecule has 0 aliphatic carbocycles. The Bertz CT molecular complexity index is 542. The highest BCUT2D eigenvalue weighted by Gasteiger charge is 2.28. The van der Waals surface area contributed by atoms with Gasteiger partial charge in [0.2, 0.25) is 0 Å². The Balaban J connectivity index is 2.15. The lowest BCUT2D eigenvalue weighted by Crippen LogP contribution is -2.11. The van der Waals surface area contributed by atoms with Crippen molar-refractivity contribution in [1.82, 2.24) is 9.97 Å². The van der Waals surface area contributed by atoms with Crippen molar-refractivity contribution < 1.29 is 18.3 Å². The zero-order valence-electron chi connectivity index (χ0n) is 9.35. The van der Waals surface area contributed by atoms with Crippen LogP contribution in [0.2, 0.25) is 0 Å². The predicted molar refractivity (Wildman–Crippen MR) is 59.8 cm³/mol. The average Bonchev–Trinajstić information content (AvgIpc) is 2.34. The van der Waals surface area contributed by atoms with Gasteiger partial charge in [0.1, 0.15) is 0 Å². The van der Waals surface area contributed by atoms with Crippen LogP contribution in [0.25, 0.3) is 11.0 Å². The number of aromatic nitrogens is 2. The molecule has 0 aliphatic heterocycles. The van der Waals surface area contributed by atoms with E-state index in [1.165, 1.54) is 6.20 Å². The monoisotopic (exact) mass is 256 g/mol. The fourth-order valence-electron chi connectivity index (χ4n) is 1.58. The molecular weight excluding hydrogens is 245 g/mol. The number of hydrogen-bond donors (Lipinski definition) is 1. The smallest absolute Gasteiger partial charge is 0.387 e. The Morgan fingerprint density at radius 2 is 1.83 bits per heavy atom. The number of benzene rings is 1. The molecule has 2 rings (SSSR count). The van der Waals surface area contributed by atoms with Gasteiger partial charge in [-0.2, -0.15) is 13.2 Å². The van der Waals surface area contributed by atoms with Crippen molar-refractivity contribution in [3.63, 3.8) is 0 Å². The molecule has 1 N–H and O–H groups in total. The molecule has 0 radical (unpaired) electrons. The molecule has 96 valence electrons. The van der Waals surface area contributed by atoms with Crippen LogP contribution in [0, 0.1) is 0 Å². The van der Waals surface area contributed by atoms with Crippen LogP contribution in [0.4, 0.5) is 13.2 Å². The predicted octanol–water partition coefficient (Wildman–Crippen LogP) is 3.01. The minimum atomic E-state index is -4.27. The lowest BCUT2D eigenvalue weighted by molar-refractivity contribution is -0.140. The Morgan fingerprint density at radius 1 is 1.17 bits per heavy atom. The molecule has 1 unspecified atom stereocenters. The first-order chi connectivity index (χ1) is 8.46. The largest absolute Gasteiger partial charge is 0.389 e. The van der Waals surface area contributed by atoms with Crippen LogP contribution in [0.1, 0.15) is 24.6 Å². The minimum absolute atomic E-state index is 0.165. The minimum Gasteiger partial charge on any atom is -0.387 e. The fourth-order valence-corrected chi connectivity index (χ4v) is 1.58. The molecule has 0 spiro atoms. The summed E-state index contributed by atoms with van der Waals surface area (Å²) in [4.78, 5) is 8.14. The average molecular weight is 256 g/mol. The van der Waals surface area contributed by atoms with E-state index in [0.29, 0.717) is 11.0 Å². The second kappa shape index (κ2) is 4.89. The summed E-state index contributed by atoms with van der Waals surface area (Å²) in [6, 6.07) is 6.98. The van der Waals surface area contributed by atoms with Crippen LogP contribution in [0.5, 0.6) is 0 Å². The molecule has 1 atom stereocenters. The topological polar surface area (TPSA) is 46.0 Å². The van der Waals surface area contributed by atoms with Crippen molar-refractivity contribution in [2.75, 3.05) is 0 Å². The van der Waals surface area contributed by atoms with Crippen molar-refractivity contribution >= 4 is 11.0 Å². The molecule has 1 aromatic carbocycles. The second-order valence-corrected chi connectivity index (χ2v) is 3.95. The molecule has 0 amide bonds. The first kappa shape index (κ1) is 12.8. The maximum absolute atomic E-state index is 12.0. The van der Waals surface area contributed by atoms with Gasteiger partial charge in [-0.25, -0.2) is 4.98 Å². The molecule has 1 heterocycles. The first-order valence-corrected chi connectivity index (χ1v) is 5.42. The molecule has 0 saturated heterocycles. The SMILES string of the molecule is OC(CCC(F)(F)F)c1cnc2ccccc2n1. The maximum Gasteiger partial charge on any atom is 0.389 e. The lowest BCUT2D eigenvalue weighted by atomic mass is 10.1. The van der Waals surface area contributed by atoms with E-state index in [9.17, 15) is 18.3 Å². The third kappa shape index (κ3) is 3.16. The van der Waals surface area contributed by atoms with Crippen LogP contribution < -0.4 is 0 Å². The summed E-state index contributed by atoms with van der Waals surface area (Å²) in [6.45, 7) is 0. The highest BCUT2D eigenvalue weighted by molar-refractivity contribution is 5.73. The van der Waals surface area contributed by atoms with Gasteiger partial charge in [-0.3, -0.25) is 4.98 Å². The molecule has 0 fully saturated rings. The molecule has 2 aromatic rings. The van der Waals surface area contributed by atoms with Crippen molar-refractivity contribution in [3.05, 3.63) is 36.2 Å². The summed E-state index contributed by atoms with van der Waals surface area (Å²) < 4.78 is 36.1. The van der Waals surface area contributed by atoms with Crippen LogP contribution in [0.3, 0.4) is 0 Å². The normalized spacial score (nSPS) is 13.8. The molecule has 3 nitrogen and oxygen atoms in total. The number of fused-ring (bicyclic) bond motifs is 1. The molecular formula is C12H11F3N2O. The summed E-state index contributed by atoms with van der Waals surface area (Å²) in [5, 5.41) is 9.64. The highest BCUT2D eigenvalue weighted by atomic mass is 19.4. The number of aliphatic hydroxyl groups excluding tert-OH is 1. The van der Waals surface area contributed by atoms with Crippen molar-refractivity contribution in [2.45, 2.75) is 25.1 Å². The van der Waals surface area contributed by atoms with Crippen molar-refractivity contribution in [2.24, 2.45) is 0 Å². The van der Waals surface area contributed by atoms with E-state index < -0.39 is 25.1 Å².